The lowest BCUT2D eigenvalue weighted by Crippen LogP contribution is -2.44. The van der Waals surface area contributed by atoms with Gasteiger partial charge < -0.3 is 20.9 Å². The Bertz CT molecular complexity index is 662. The molecule has 0 saturated carbocycles. The van der Waals surface area contributed by atoms with Crippen molar-refractivity contribution in [2.24, 2.45) is 5.73 Å². The van der Waals surface area contributed by atoms with E-state index in [0.717, 1.165) is 5.56 Å². The Morgan fingerprint density at radius 1 is 1.21 bits per heavy atom. The molecule has 1 aromatic carbocycles. The highest BCUT2D eigenvalue weighted by Crippen LogP contribution is 2.19. The minimum absolute atomic E-state index is 0.0697. The monoisotopic (exact) mass is 336 g/mol. The Labute approximate surface area is 141 Å². The van der Waals surface area contributed by atoms with Gasteiger partial charge in [-0.3, -0.25) is 4.79 Å². The van der Waals surface area contributed by atoms with Crippen LogP contribution >= 0.6 is 0 Å². The molecule has 0 saturated heterocycles. The number of carbonyl (C=O) groups is 3. The van der Waals surface area contributed by atoms with E-state index in [-0.39, 0.29) is 6.42 Å². The number of carboxylic acids is 1. The Balaban J connectivity index is 2.98. The van der Waals surface area contributed by atoms with Crippen LogP contribution < -0.4 is 11.1 Å². The third kappa shape index (κ3) is 5.26. The summed E-state index contributed by atoms with van der Waals surface area (Å²) in [5.41, 5.74) is 7.15. The SMILES string of the molecule is Cc1c(CC(NC(=O)OC(C)(C)C)C(=O)O)ccc(C(N)=O)c1C. The molecule has 0 fully saturated rings. The van der Waals surface area contributed by atoms with Crippen molar-refractivity contribution in [3.05, 3.63) is 34.4 Å². The van der Waals surface area contributed by atoms with Gasteiger partial charge >= 0.3 is 12.1 Å². The summed E-state index contributed by atoms with van der Waals surface area (Å²) >= 11 is 0. The van der Waals surface area contributed by atoms with Gasteiger partial charge in [0.1, 0.15) is 11.6 Å². The number of rotatable bonds is 5. The van der Waals surface area contributed by atoms with Gasteiger partial charge in [0.2, 0.25) is 5.91 Å². The molecular formula is C17H24N2O5. The molecule has 7 heteroatoms. The maximum atomic E-state index is 11.8. The highest BCUT2D eigenvalue weighted by molar-refractivity contribution is 5.94. The summed E-state index contributed by atoms with van der Waals surface area (Å²) in [5.74, 6) is -1.71. The second-order valence-corrected chi connectivity index (χ2v) is 6.63. The van der Waals surface area contributed by atoms with Gasteiger partial charge in [0.05, 0.1) is 0 Å². The number of primary amides is 1. The van der Waals surface area contributed by atoms with Crippen LogP contribution in [0.4, 0.5) is 4.79 Å². The molecule has 0 aliphatic rings. The van der Waals surface area contributed by atoms with E-state index >= 15 is 0 Å². The number of alkyl carbamates (subject to hydrolysis) is 1. The summed E-state index contributed by atoms with van der Waals surface area (Å²) in [5, 5.41) is 11.7. The van der Waals surface area contributed by atoms with Gasteiger partial charge in [0, 0.05) is 12.0 Å². The number of carboxylic acid groups (broad SMARTS) is 1. The summed E-state index contributed by atoms with van der Waals surface area (Å²) in [6, 6.07) is 2.07. The first-order chi connectivity index (χ1) is 10.9. The molecule has 0 spiro atoms. The average molecular weight is 336 g/mol. The summed E-state index contributed by atoms with van der Waals surface area (Å²) < 4.78 is 5.09. The summed E-state index contributed by atoms with van der Waals surface area (Å²) in [6.45, 7) is 8.61. The maximum Gasteiger partial charge on any atom is 0.408 e. The molecule has 1 aromatic rings. The lowest BCUT2D eigenvalue weighted by atomic mass is 9.94. The zero-order chi connectivity index (χ0) is 18.7. The van der Waals surface area contributed by atoms with Crippen molar-refractivity contribution >= 4 is 18.0 Å². The number of aliphatic carboxylic acids is 1. The second-order valence-electron chi connectivity index (χ2n) is 6.63. The van der Waals surface area contributed by atoms with E-state index in [4.69, 9.17) is 10.5 Å². The Morgan fingerprint density at radius 2 is 1.79 bits per heavy atom. The van der Waals surface area contributed by atoms with Gasteiger partial charge in [-0.05, 0) is 57.4 Å². The van der Waals surface area contributed by atoms with Crippen molar-refractivity contribution in [1.82, 2.24) is 5.32 Å². The van der Waals surface area contributed by atoms with Crippen molar-refractivity contribution in [3.8, 4) is 0 Å². The average Bonchev–Trinajstić information content (AvgIpc) is 2.40. The van der Waals surface area contributed by atoms with Crippen molar-refractivity contribution in [2.75, 3.05) is 0 Å². The summed E-state index contributed by atoms with van der Waals surface area (Å²) in [6.07, 6.45) is -0.724. The molecule has 0 radical (unpaired) electrons. The van der Waals surface area contributed by atoms with Crippen LogP contribution in [0.3, 0.4) is 0 Å². The number of hydrogen-bond donors (Lipinski definition) is 3. The van der Waals surface area contributed by atoms with E-state index < -0.39 is 29.6 Å². The first-order valence-corrected chi connectivity index (χ1v) is 7.53. The highest BCUT2D eigenvalue weighted by atomic mass is 16.6. The number of carbonyl (C=O) groups excluding carboxylic acids is 2. The molecule has 7 nitrogen and oxygen atoms in total. The largest absolute Gasteiger partial charge is 0.480 e. The number of nitrogens with one attached hydrogen (secondary N) is 1. The third-order valence-electron chi connectivity index (χ3n) is 3.58. The van der Waals surface area contributed by atoms with Crippen molar-refractivity contribution in [2.45, 2.75) is 52.7 Å². The fourth-order valence-electron chi connectivity index (χ4n) is 2.23. The molecule has 1 rings (SSSR count). The van der Waals surface area contributed by atoms with Crippen LogP contribution in [0.25, 0.3) is 0 Å². The molecule has 0 heterocycles. The van der Waals surface area contributed by atoms with E-state index in [1.165, 1.54) is 0 Å². The lowest BCUT2D eigenvalue weighted by Gasteiger charge is -2.22. The molecule has 1 atom stereocenters. The van der Waals surface area contributed by atoms with E-state index in [2.05, 4.69) is 5.32 Å². The van der Waals surface area contributed by atoms with Gasteiger partial charge in [-0.25, -0.2) is 9.59 Å². The van der Waals surface area contributed by atoms with Gasteiger partial charge in [-0.2, -0.15) is 0 Å². The Morgan fingerprint density at radius 3 is 2.25 bits per heavy atom. The minimum atomic E-state index is -1.17. The van der Waals surface area contributed by atoms with Gasteiger partial charge in [-0.15, -0.1) is 0 Å². The second kappa shape index (κ2) is 7.33. The molecule has 0 aromatic heterocycles. The quantitative estimate of drug-likeness (QED) is 0.759. The van der Waals surface area contributed by atoms with Crippen molar-refractivity contribution < 1.29 is 24.2 Å². The minimum Gasteiger partial charge on any atom is -0.480 e. The van der Waals surface area contributed by atoms with E-state index in [9.17, 15) is 19.5 Å². The molecule has 24 heavy (non-hydrogen) atoms. The molecule has 2 amide bonds. The van der Waals surface area contributed by atoms with Crippen molar-refractivity contribution in [1.29, 1.82) is 0 Å². The van der Waals surface area contributed by atoms with Crippen LogP contribution in [0, 0.1) is 13.8 Å². The number of hydrogen-bond acceptors (Lipinski definition) is 4. The normalized spacial score (nSPS) is 12.4. The predicted molar refractivity (Wildman–Crippen MR) is 88.9 cm³/mol. The third-order valence-corrected chi connectivity index (χ3v) is 3.58. The molecule has 0 bridgehead atoms. The molecule has 132 valence electrons. The van der Waals surface area contributed by atoms with Crippen LogP contribution in [0.15, 0.2) is 12.1 Å². The van der Waals surface area contributed by atoms with Gasteiger partial charge in [-0.1, -0.05) is 6.07 Å². The van der Waals surface area contributed by atoms with Gasteiger partial charge in [0.25, 0.3) is 0 Å². The molecule has 0 aliphatic heterocycles. The topological polar surface area (TPSA) is 119 Å². The van der Waals surface area contributed by atoms with Crippen LogP contribution in [0.5, 0.6) is 0 Å². The molecule has 1 unspecified atom stereocenters. The zero-order valence-corrected chi connectivity index (χ0v) is 14.6. The highest BCUT2D eigenvalue weighted by Gasteiger charge is 2.25. The standard InChI is InChI=1S/C17H24N2O5/c1-9-10(2)12(14(18)20)7-6-11(9)8-13(15(21)22)19-16(23)24-17(3,4)5/h6-7,13H,8H2,1-5H3,(H2,18,20)(H,19,23)(H,21,22). The number of amides is 2. The number of ether oxygens (including phenoxy) is 1. The molecule has 4 N–H and O–H groups in total. The van der Waals surface area contributed by atoms with Crippen LogP contribution in [0.1, 0.15) is 47.8 Å². The Kier molecular flexibility index (Phi) is 5.95. The van der Waals surface area contributed by atoms with Gasteiger partial charge in [0.15, 0.2) is 0 Å². The van der Waals surface area contributed by atoms with Crippen LogP contribution in [-0.2, 0) is 16.0 Å². The number of benzene rings is 1. The van der Waals surface area contributed by atoms with Crippen molar-refractivity contribution in [3.63, 3.8) is 0 Å². The zero-order valence-electron chi connectivity index (χ0n) is 14.6. The summed E-state index contributed by atoms with van der Waals surface area (Å²) in [7, 11) is 0. The first-order valence-electron chi connectivity index (χ1n) is 7.53. The van der Waals surface area contributed by atoms with E-state index in [1.807, 2.05) is 0 Å². The maximum absolute atomic E-state index is 11.8. The van der Waals surface area contributed by atoms with Crippen LogP contribution in [-0.4, -0.2) is 34.7 Å². The van der Waals surface area contributed by atoms with Crippen LogP contribution in [0.2, 0.25) is 0 Å². The first kappa shape index (κ1) is 19.5. The smallest absolute Gasteiger partial charge is 0.408 e. The fraction of sp³-hybridized carbons (Fsp3) is 0.471. The van der Waals surface area contributed by atoms with E-state index in [0.29, 0.717) is 16.7 Å². The molecular weight excluding hydrogens is 312 g/mol. The Hall–Kier alpha value is -2.57. The summed E-state index contributed by atoms with van der Waals surface area (Å²) in [4.78, 5) is 34.6. The molecule has 0 aliphatic carbocycles. The number of nitrogens with two attached hydrogens (primary N) is 1. The van der Waals surface area contributed by atoms with E-state index in [1.54, 1.807) is 46.8 Å². The fourth-order valence-corrected chi connectivity index (χ4v) is 2.23. The lowest BCUT2D eigenvalue weighted by molar-refractivity contribution is -0.139. The predicted octanol–water partition coefficient (Wildman–Crippen LogP) is 1.92.